The third kappa shape index (κ3) is 8.65. The summed E-state index contributed by atoms with van der Waals surface area (Å²) in [5.74, 6) is -0.601. The fraction of sp³-hybridized carbons (Fsp3) is 0.125. The summed E-state index contributed by atoms with van der Waals surface area (Å²) in [6.07, 6.45) is 0. The number of aryl methyl sites for hydroxylation is 4. The topological polar surface area (TPSA) is 6.48 Å². The molecule has 2 nitrogen and oxygen atoms in total. The Morgan fingerprint density at radius 3 is 0.881 bits per heavy atom. The van der Waals surface area contributed by atoms with Crippen molar-refractivity contribution in [3.8, 4) is 66.8 Å². The van der Waals surface area contributed by atoms with Gasteiger partial charge in [0.2, 0.25) is 0 Å². The predicted molar refractivity (Wildman–Crippen MR) is 349 cm³/mol. The molecule has 12 aromatic carbocycles. The normalized spacial score (nSPS) is 13.3. The van der Waals surface area contributed by atoms with E-state index in [1.807, 2.05) is 48.5 Å². The molecular weight excluding hydrogens is 1030 g/mol. The Labute approximate surface area is 492 Å². The van der Waals surface area contributed by atoms with Gasteiger partial charge in [0.1, 0.15) is 11.6 Å². The molecule has 14 rings (SSSR count). The van der Waals surface area contributed by atoms with E-state index in [1.165, 1.54) is 44.5 Å². The third-order valence-corrected chi connectivity index (χ3v) is 18.0. The van der Waals surface area contributed by atoms with Crippen LogP contribution in [0.5, 0.6) is 0 Å². The molecule has 4 heteroatoms. The lowest BCUT2D eigenvalue weighted by Gasteiger charge is -2.29. The standard InChI is InChI=1S/C80H64F2N2/c1-49-19-29-57(30-20-49)83(58-31-21-50(2)22-32-58)61-37-41-65-71(45-61)79(5,6)73-47-69-70(75(77(65)73)63-39-27-55(81)43-67(63)53-15-11-9-12-16-53)48-74-78(76(69)64-40-28-56(82)44-68(64)54-17-13-10-14-18-54)66-42-38-62(46-72(66)80(74,7)8)84(59-33-23-51(3)24-34-59)60-35-25-52(4)26-36-60/h9-48H,1-8H3. The highest BCUT2D eigenvalue weighted by Gasteiger charge is 2.43. The van der Waals surface area contributed by atoms with E-state index in [2.05, 4.69) is 235 Å². The molecule has 2 aliphatic carbocycles. The van der Waals surface area contributed by atoms with E-state index in [4.69, 9.17) is 0 Å². The van der Waals surface area contributed by atoms with Gasteiger partial charge in [0.15, 0.2) is 0 Å². The lowest BCUT2D eigenvalue weighted by molar-refractivity contribution is 0.628. The second kappa shape index (κ2) is 20.1. The van der Waals surface area contributed by atoms with Crippen LogP contribution in [0.3, 0.4) is 0 Å². The van der Waals surface area contributed by atoms with Gasteiger partial charge in [0, 0.05) is 45.0 Å². The second-order valence-corrected chi connectivity index (χ2v) is 24.3. The molecule has 0 atom stereocenters. The first-order valence-corrected chi connectivity index (χ1v) is 29.2. The Hall–Kier alpha value is -9.64. The third-order valence-electron chi connectivity index (χ3n) is 18.0. The minimum Gasteiger partial charge on any atom is -0.310 e. The smallest absolute Gasteiger partial charge is 0.123 e. The first kappa shape index (κ1) is 52.4. The molecule has 0 heterocycles. The maximum Gasteiger partial charge on any atom is 0.123 e. The zero-order chi connectivity index (χ0) is 57.8. The first-order valence-electron chi connectivity index (χ1n) is 29.2. The van der Waals surface area contributed by atoms with Gasteiger partial charge >= 0.3 is 0 Å². The van der Waals surface area contributed by atoms with Crippen molar-refractivity contribution >= 4 is 44.9 Å². The molecule has 0 saturated carbocycles. The van der Waals surface area contributed by atoms with Crippen molar-refractivity contribution in [2.75, 3.05) is 9.80 Å². The molecular formula is C80H64F2N2. The van der Waals surface area contributed by atoms with Gasteiger partial charge in [-0.05, 0) is 237 Å². The average Bonchev–Trinajstić information content (AvgIpc) is 1.54. The Morgan fingerprint density at radius 1 is 0.262 bits per heavy atom. The molecule has 0 spiro atoms. The minimum absolute atomic E-state index is 0.301. The number of hydrogen-bond donors (Lipinski definition) is 0. The fourth-order valence-electron chi connectivity index (χ4n) is 13.6. The Morgan fingerprint density at radius 2 is 0.560 bits per heavy atom. The van der Waals surface area contributed by atoms with Crippen LogP contribution >= 0.6 is 0 Å². The van der Waals surface area contributed by atoms with E-state index >= 15 is 8.78 Å². The molecule has 0 aliphatic heterocycles. The average molecular weight is 1090 g/mol. The predicted octanol–water partition coefficient (Wildman–Crippen LogP) is 22.6. The molecule has 0 unspecified atom stereocenters. The summed E-state index contributed by atoms with van der Waals surface area (Å²) in [6.45, 7) is 17.9. The quantitative estimate of drug-likeness (QED) is 0.135. The number of hydrogen-bond acceptors (Lipinski definition) is 2. The summed E-state index contributed by atoms with van der Waals surface area (Å²) < 4.78 is 32.4. The summed E-state index contributed by atoms with van der Waals surface area (Å²) >= 11 is 0. The maximum absolute atomic E-state index is 16.2. The number of fused-ring (bicyclic) bond motifs is 7. The second-order valence-electron chi connectivity index (χ2n) is 24.3. The molecule has 0 bridgehead atoms. The van der Waals surface area contributed by atoms with E-state index in [0.29, 0.717) is 0 Å². The molecule has 0 fully saturated rings. The summed E-state index contributed by atoms with van der Waals surface area (Å²) in [5, 5.41) is 2.09. The number of halogens is 2. The van der Waals surface area contributed by atoms with Gasteiger partial charge < -0.3 is 9.80 Å². The summed E-state index contributed by atoms with van der Waals surface area (Å²) in [7, 11) is 0. The van der Waals surface area contributed by atoms with Crippen LogP contribution < -0.4 is 9.80 Å². The zero-order valence-corrected chi connectivity index (χ0v) is 48.7. The molecule has 0 aromatic heterocycles. The highest BCUT2D eigenvalue weighted by molar-refractivity contribution is 6.19. The van der Waals surface area contributed by atoms with E-state index in [-0.39, 0.29) is 11.6 Å². The molecule has 0 saturated heterocycles. The maximum atomic E-state index is 16.2. The van der Waals surface area contributed by atoms with Crippen LogP contribution in [0, 0.1) is 39.3 Å². The molecule has 84 heavy (non-hydrogen) atoms. The molecule has 12 aromatic rings. The number of rotatable bonds is 10. The van der Waals surface area contributed by atoms with Crippen molar-refractivity contribution in [2.24, 2.45) is 0 Å². The molecule has 0 N–H and O–H groups in total. The van der Waals surface area contributed by atoms with E-state index in [1.54, 1.807) is 24.3 Å². The lowest BCUT2D eigenvalue weighted by Crippen LogP contribution is -2.17. The highest BCUT2D eigenvalue weighted by Crippen LogP contribution is 2.62. The molecule has 408 valence electrons. The fourth-order valence-corrected chi connectivity index (χ4v) is 13.6. The SMILES string of the molecule is Cc1ccc(N(c2ccc(C)cc2)c2ccc3c(c2)C(C)(C)c2cc4c(-c5ccc(F)cc5-c5ccccc5)c5c(cc4c(-c4ccc(F)cc4-c4ccccc4)c2-3)C(C)(C)c2cc(N(c3ccc(C)cc3)c3ccc(C)cc3)ccc2-5)cc1. The van der Waals surface area contributed by atoms with Crippen molar-refractivity contribution in [3.05, 3.63) is 299 Å². The van der Waals surface area contributed by atoms with Gasteiger partial charge in [-0.3, -0.25) is 0 Å². The van der Waals surface area contributed by atoms with E-state index in [0.717, 1.165) is 112 Å². The Kier molecular flexibility index (Phi) is 12.5. The van der Waals surface area contributed by atoms with Gasteiger partial charge in [0.05, 0.1) is 0 Å². The zero-order valence-electron chi connectivity index (χ0n) is 48.7. The van der Waals surface area contributed by atoms with Crippen LogP contribution in [-0.2, 0) is 10.8 Å². The van der Waals surface area contributed by atoms with Crippen molar-refractivity contribution in [2.45, 2.75) is 66.2 Å². The van der Waals surface area contributed by atoms with Crippen molar-refractivity contribution in [3.63, 3.8) is 0 Å². The van der Waals surface area contributed by atoms with Crippen LogP contribution in [0.15, 0.2) is 243 Å². The van der Waals surface area contributed by atoms with Gasteiger partial charge in [-0.15, -0.1) is 0 Å². The van der Waals surface area contributed by atoms with Crippen LogP contribution in [0.2, 0.25) is 0 Å². The monoisotopic (exact) mass is 1090 g/mol. The lowest BCUT2D eigenvalue weighted by atomic mass is 9.75. The van der Waals surface area contributed by atoms with Crippen LogP contribution in [0.25, 0.3) is 77.5 Å². The van der Waals surface area contributed by atoms with Gasteiger partial charge in [-0.2, -0.15) is 0 Å². The Balaban J connectivity index is 1.10. The van der Waals surface area contributed by atoms with Gasteiger partial charge in [-0.1, -0.05) is 183 Å². The van der Waals surface area contributed by atoms with E-state index in [9.17, 15) is 0 Å². The van der Waals surface area contributed by atoms with Gasteiger partial charge in [0.25, 0.3) is 0 Å². The van der Waals surface area contributed by atoms with Crippen LogP contribution in [-0.4, -0.2) is 0 Å². The highest BCUT2D eigenvalue weighted by atomic mass is 19.1. The van der Waals surface area contributed by atoms with Crippen molar-refractivity contribution < 1.29 is 8.78 Å². The number of nitrogens with zero attached hydrogens (tertiary/aromatic N) is 2. The van der Waals surface area contributed by atoms with Crippen molar-refractivity contribution in [1.82, 2.24) is 0 Å². The van der Waals surface area contributed by atoms with Crippen LogP contribution in [0.4, 0.5) is 42.9 Å². The first-order chi connectivity index (χ1) is 40.6. The molecule has 0 amide bonds. The largest absolute Gasteiger partial charge is 0.310 e. The number of anilines is 6. The molecule has 2 aliphatic rings. The van der Waals surface area contributed by atoms with Gasteiger partial charge in [-0.25, -0.2) is 8.78 Å². The van der Waals surface area contributed by atoms with E-state index < -0.39 is 10.8 Å². The minimum atomic E-state index is -0.536. The summed E-state index contributed by atoms with van der Waals surface area (Å²) in [5.41, 5.74) is 26.8. The molecule has 0 radical (unpaired) electrons. The summed E-state index contributed by atoms with van der Waals surface area (Å²) in [4.78, 5) is 4.72. The number of benzene rings is 12. The van der Waals surface area contributed by atoms with Crippen molar-refractivity contribution in [1.29, 1.82) is 0 Å². The summed E-state index contributed by atoms with van der Waals surface area (Å²) in [6, 6.07) is 85.1. The Bertz CT molecular complexity index is 4170. The van der Waals surface area contributed by atoms with Crippen LogP contribution in [0.1, 0.15) is 72.2 Å².